The first-order valence-corrected chi connectivity index (χ1v) is 7.33. The lowest BCUT2D eigenvalue weighted by Gasteiger charge is -2.03. The summed E-state index contributed by atoms with van der Waals surface area (Å²) >= 11 is 3.08. The fourth-order valence-electron chi connectivity index (χ4n) is 1.81. The summed E-state index contributed by atoms with van der Waals surface area (Å²) in [4.78, 5) is 20.8. The lowest BCUT2D eigenvalue weighted by atomic mass is 10.3. The molecule has 0 aliphatic carbocycles. The molecule has 3 heterocycles. The minimum atomic E-state index is 0.0506. The molecule has 0 amide bonds. The van der Waals surface area contributed by atoms with Crippen LogP contribution >= 0.6 is 22.7 Å². The Morgan fingerprint density at radius 3 is 3.00 bits per heavy atom. The molecule has 0 aliphatic rings. The van der Waals surface area contributed by atoms with E-state index in [-0.39, 0.29) is 5.56 Å². The van der Waals surface area contributed by atoms with Gasteiger partial charge < -0.3 is 0 Å². The van der Waals surface area contributed by atoms with E-state index in [4.69, 9.17) is 0 Å². The van der Waals surface area contributed by atoms with Crippen LogP contribution in [0.4, 0.5) is 0 Å². The maximum absolute atomic E-state index is 12.2. The van der Waals surface area contributed by atoms with Crippen LogP contribution in [-0.2, 0) is 13.0 Å². The number of rotatable bonds is 3. The van der Waals surface area contributed by atoms with Crippen LogP contribution in [0.25, 0.3) is 10.2 Å². The molecule has 0 aliphatic heterocycles. The van der Waals surface area contributed by atoms with Gasteiger partial charge >= 0.3 is 0 Å². The zero-order chi connectivity index (χ0) is 12.5. The Kier molecular flexibility index (Phi) is 2.97. The second-order valence-electron chi connectivity index (χ2n) is 4.02. The number of thiophene rings is 1. The van der Waals surface area contributed by atoms with E-state index in [9.17, 15) is 4.79 Å². The van der Waals surface area contributed by atoms with Crippen molar-refractivity contribution < 1.29 is 0 Å². The maximum Gasteiger partial charge on any atom is 0.271 e. The van der Waals surface area contributed by atoms with E-state index in [0.29, 0.717) is 6.54 Å². The molecule has 3 aromatic rings. The number of nitrogens with zero attached hydrogens (tertiary/aromatic N) is 3. The summed E-state index contributed by atoms with van der Waals surface area (Å²) in [7, 11) is 0. The predicted octanol–water partition coefficient (Wildman–Crippen LogP) is 2.47. The van der Waals surface area contributed by atoms with Crippen LogP contribution in [0, 0.1) is 6.92 Å². The Bertz CT molecular complexity index is 727. The fourth-order valence-corrected chi connectivity index (χ4v) is 3.37. The summed E-state index contributed by atoms with van der Waals surface area (Å²) in [5, 5.41) is 4.97. The molecule has 0 N–H and O–H groups in total. The highest BCUT2D eigenvalue weighted by Gasteiger charge is 2.08. The molecule has 0 atom stereocenters. The van der Waals surface area contributed by atoms with Crippen LogP contribution < -0.4 is 5.56 Å². The van der Waals surface area contributed by atoms with Crippen LogP contribution in [0.1, 0.15) is 10.6 Å². The average molecular weight is 277 g/mol. The number of aromatic nitrogens is 3. The van der Waals surface area contributed by atoms with Gasteiger partial charge in [0.15, 0.2) is 0 Å². The summed E-state index contributed by atoms with van der Waals surface area (Å²) in [5.74, 6) is 0. The van der Waals surface area contributed by atoms with Gasteiger partial charge in [-0.2, -0.15) is 0 Å². The molecule has 0 saturated carbocycles. The van der Waals surface area contributed by atoms with Crippen LogP contribution in [0.2, 0.25) is 0 Å². The second kappa shape index (κ2) is 4.62. The van der Waals surface area contributed by atoms with Crippen molar-refractivity contribution >= 4 is 32.9 Å². The third-order valence-corrected chi connectivity index (χ3v) is 4.69. The third-order valence-electron chi connectivity index (χ3n) is 2.77. The Labute approximate surface area is 112 Å². The quantitative estimate of drug-likeness (QED) is 0.739. The number of fused-ring (bicyclic) bond motifs is 1. The molecular weight excluding hydrogens is 266 g/mol. The molecule has 0 saturated heterocycles. The SMILES string of the molecule is Cc1csc2c(=O)n(CCc3nccs3)cnc12. The standard InChI is InChI=1S/C12H11N3OS2/c1-8-6-18-11-10(8)14-7-15(12(11)16)4-2-9-13-3-5-17-9/h3,5-7H,2,4H2,1H3. The molecule has 18 heavy (non-hydrogen) atoms. The van der Waals surface area contributed by atoms with Crippen LogP contribution in [0.3, 0.4) is 0 Å². The second-order valence-corrected chi connectivity index (χ2v) is 5.87. The molecule has 0 fully saturated rings. The van der Waals surface area contributed by atoms with E-state index in [1.54, 1.807) is 28.4 Å². The monoisotopic (exact) mass is 277 g/mol. The molecule has 3 aromatic heterocycles. The molecule has 0 unspecified atom stereocenters. The molecule has 0 radical (unpaired) electrons. The molecule has 0 bridgehead atoms. The van der Waals surface area contributed by atoms with Gasteiger partial charge in [0, 0.05) is 24.5 Å². The Balaban J connectivity index is 1.93. The van der Waals surface area contributed by atoms with Crippen molar-refractivity contribution in [2.45, 2.75) is 19.9 Å². The molecule has 0 spiro atoms. The summed E-state index contributed by atoms with van der Waals surface area (Å²) in [5.41, 5.74) is 1.95. The molecular formula is C12H11N3OS2. The zero-order valence-electron chi connectivity index (χ0n) is 9.79. The van der Waals surface area contributed by atoms with Crippen molar-refractivity contribution in [3.63, 3.8) is 0 Å². The minimum Gasteiger partial charge on any atom is -0.298 e. The highest BCUT2D eigenvalue weighted by Crippen LogP contribution is 2.19. The van der Waals surface area contributed by atoms with Crippen LogP contribution in [-0.4, -0.2) is 14.5 Å². The van der Waals surface area contributed by atoms with Gasteiger partial charge in [-0.25, -0.2) is 9.97 Å². The Hall–Kier alpha value is -1.53. The highest BCUT2D eigenvalue weighted by molar-refractivity contribution is 7.17. The molecule has 3 rings (SSSR count). The number of hydrogen-bond donors (Lipinski definition) is 0. The van der Waals surface area contributed by atoms with Gasteiger partial charge in [0.05, 0.1) is 16.9 Å². The molecule has 0 aromatic carbocycles. The van der Waals surface area contributed by atoms with Gasteiger partial charge in [-0.3, -0.25) is 9.36 Å². The first kappa shape index (κ1) is 11.6. The van der Waals surface area contributed by atoms with E-state index < -0.39 is 0 Å². The van der Waals surface area contributed by atoms with Crippen molar-refractivity contribution in [3.05, 3.63) is 44.2 Å². The van der Waals surface area contributed by atoms with Crippen molar-refractivity contribution in [3.8, 4) is 0 Å². The number of thiazole rings is 1. The fraction of sp³-hybridized carbons (Fsp3) is 0.250. The summed E-state index contributed by atoms with van der Waals surface area (Å²) < 4.78 is 2.41. The topological polar surface area (TPSA) is 47.8 Å². The smallest absolute Gasteiger partial charge is 0.271 e. The molecule has 92 valence electrons. The molecule has 6 heteroatoms. The van der Waals surface area contributed by atoms with Crippen LogP contribution in [0.5, 0.6) is 0 Å². The third kappa shape index (κ3) is 1.97. The van der Waals surface area contributed by atoms with Crippen molar-refractivity contribution in [2.75, 3.05) is 0 Å². The first-order valence-electron chi connectivity index (χ1n) is 5.57. The van der Waals surface area contributed by atoms with Gasteiger partial charge in [0.2, 0.25) is 0 Å². The zero-order valence-corrected chi connectivity index (χ0v) is 11.4. The van der Waals surface area contributed by atoms with Crippen molar-refractivity contribution in [1.29, 1.82) is 0 Å². The van der Waals surface area contributed by atoms with Crippen molar-refractivity contribution in [1.82, 2.24) is 14.5 Å². The van der Waals surface area contributed by atoms with Gasteiger partial charge in [-0.1, -0.05) is 0 Å². The Morgan fingerprint density at radius 2 is 2.22 bits per heavy atom. The van der Waals surface area contributed by atoms with E-state index in [0.717, 1.165) is 27.2 Å². The van der Waals surface area contributed by atoms with E-state index in [1.807, 2.05) is 17.7 Å². The lowest BCUT2D eigenvalue weighted by Crippen LogP contribution is -2.20. The van der Waals surface area contributed by atoms with Gasteiger partial charge in [0.1, 0.15) is 4.70 Å². The lowest BCUT2D eigenvalue weighted by molar-refractivity contribution is 0.661. The van der Waals surface area contributed by atoms with Gasteiger partial charge in [-0.05, 0) is 17.9 Å². The number of aryl methyl sites for hydroxylation is 3. The first-order chi connectivity index (χ1) is 8.75. The average Bonchev–Trinajstić information content (AvgIpc) is 2.99. The Morgan fingerprint density at radius 1 is 1.33 bits per heavy atom. The van der Waals surface area contributed by atoms with E-state index in [1.165, 1.54) is 11.3 Å². The van der Waals surface area contributed by atoms with E-state index >= 15 is 0 Å². The minimum absolute atomic E-state index is 0.0506. The maximum atomic E-state index is 12.2. The highest BCUT2D eigenvalue weighted by atomic mass is 32.1. The largest absolute Gasteiger partial charge is 0.298 e. The van der Waals surface area contributed by atoms with Gasteiger partial charge in [0.25, 0.3) is 5.56 Å². The van der Waals surface area contributed by atoms with E-state index in [2.05, 4.69) is 9.97 Å². The van der Waals surface area contributed by atoms with Gasteiger partial charge in [-0.15, -0.1) is 22.7 Å². The van der Waals surface area contributed by atoms with Crippen molar-refractivity contribution in [2.24, 2.45) is 0 Å². The molecule has 4 nitrogen and oxygen atoms in total. The predicted molar refractivity (Wildman–Crippen MR) is 74.4 cm³/mol. The van der Waals surface area contributed by atoms with Crippen LogP contribution in [0.15, 0.2) is 28.1 Å². The summed E-state index contributed by atoms with van der Waals surface area (Å²) in [6.45, 7) is 2.61. The summed E-state index contributed by atoms with van der Waals surface area (Å²) in [6.07, 6.45) is 4.19. The number of hydrogen-bond acceptors (Lipinski definition) is 5. The summed E-state index contributed by atoms with van der Waals surface area (Å²) in [6, 6.07) is 0. The normalized spacial score (nSPS) is 11.2.